The first-order valence-corrected chi connectivity index (χ1v) is 6.05. The largest absolute Gasteiger partial charge is 0.468 e. The van der Waals surface area contributed by atoms with E-state index in [9.17, 15) is 14.4 Å². The number of hydrogen-bond donors (Lipinski definition) is 0. The van der Waals surface area contributed by atoms with E-state index in [4.69, 9.17) is 0 Å². The van der Waals surface area contributed by atoms with Crippen molar-refractivity contribution in [1.82, 2.24) is 14.7 Å². The highest BCUT2D eigenvalue weighted by atomic mass is 16.5. The molecule has 1 heterocycles. The summed E-state index contributed by atoms with van der Waals surface area (Å²) in [6.45, 7) is -0.663. The summed E-state index contributed by atoms with van der Waals surface area (Å²) in [7, 11) is 4.16. The summed E-state index contributed by atoms with van der Waals surface area (Å²) in [5, 5.41) is 3.96. The molecule has 0 unspecified atom stereocenters. The van der Waals surface area contributed by atoms with Gasteiger partial charge in [0, 0.05) is 24.9 Å². The number of carbonyl (C=O) groups is 3. The van der Waals surface area contributed by atoms with E-state index < -0.39 is 17.8 Å². The topological polar surface area (TPSA) is 90.7 Å². The van der Waals surface area contributed by atoms with Gasteiger partial charge < -0.3 is 14.4 Å². The number of amides is 1. The van der Waals surface area contributed by atoms with E-state index >= 15 is 0 Å². The summed E-state index contributed by atoms with van der Waals surface area (Å²) in [4.78, 5) is 35.6. The van der Waals surface area contributed by atoms with Crippen molar-refractivity contribution < 1.29 is 23.9 Å². The minimum atomic E-state index is -0.623. The molecule has 0 aliphatic rings. The zero-order chi connectivity index (χ0) is 15.8. The molecule has 0 aliphatic heterocycles. The van der Waals surface area contributed by atoms with E-state index in [2.05, 4.69) is 14.6 Å². The average Bonchev–Trinajstić information content (AvgIpc) is 2.89. The van der Waals surface area contributed by atoms with Crippen molar-refractivity contribution in [2.24, 2.45) is 7.05 Å². The standard InChI is InChI=1S/C13H17N3O5/c1-15-7-10(6-14-15)4-5-11(17)16(8-12(18)20-2)9-13(19)21-3/h4-7H,8-9H2,1-3H3. The maximum absolute atomic E-state index is 12.0. The SMILES string of the molecule is COC(=O)CN(CC(=O)OC)C(=O)C=Cc1cnn(C)c1. The van der Waals surface area contributed by atoms with Crippen LogP contribution in [0.2, 0.25) is 0 Å². The lowest BCUT2D eigenvalue weighted by Crippen LogP contribution is -2.39. The molecule has 0 atom stereocenters. The Morgan fingerprint density at radius 1 is 1.24 bits per heavy atom. The zero-order valence-electron chi connectivity index (χ0n) is 12.1. The van der Waals surface area contributed by atoms with Crippen molar-refractivity contribution in [2.75, 3.05) is 27.3 Å². The van der Waals surface area contributed by atoms with Gasteiger partial charge in [0.1, 0.15) is 13.1 Å². The average molecular weight is 295 g/mol. The Hall–Kier alpha value is -2.64. The molecule has 0 aromatic carbocycles. The number of aromatic nitrogens is 2. The Bertz CT molecular complexity index is 532. The third-order valence-corrected chi connectivity index (χ3v) is 2.55. The van der Waals surface area contributed by atoms with Crippen molar-refractivity contribution in [1.29, 1.82) is 0 Å². The molecule has 114 valence electrons. The maximum Gasteiger partial charge on any atom is 0.325 e. The fourth-order valence-corrected chi connectivity index (χ4v) is 1.45. The van der Waals surface area contributed by atoms with Gasteiger partial charge in [0.2, 0.25) is 5.91 Å². The van der Waals surface area contributed by atoms with Crippen molar-refractivity contribution in [3.63, 3.8) is 0 Å². The molecule has 8 heteroatoms. The predicted molar refractivity (Wildman–Crippen MR) is 72.9 cm³/mol. The minimum Gasteiger partial charge on any atom is -0.468 e. The quantitative estimate of drug-likeness (QED) is 0.524. The molecule has 1 aromatic rings. The lowest BCUT2D eigenvalue weighted by atomic mass is 10.3. The van der Waals surface area contributed by atoms with Gasteiger partial charge in [-0.3, -0.25) is 19.1 Å². The van der Waals surface area contributed by atoms with Crippen LogP contribution in [0.4, 0.5) is 0 Å². The van der Waals surface area contributed by atoms with Crippen molar-refractivity contribution >= 4 is 23.9 Å². The number of ether oxygens (including phenoxy) is 2. The molecule has 0 spiro atoms. The molecule has 8 nitrogen and oxygen atoms in total. The van der Waals surface area contributed by atoms with Crippen LogP contribution in [0.15, 0.2) is 18.5 Å². The minimum absolute atomic E-state index is 0.332. The smallest absolute Gasteiger partial charge is 0.325 e. The van der Waals surface area contributed by atoms with Crippen LogP contribution in [0.1, 0.15) is 5.56 Å². The van der Waals surface area contributed by atoms with Crippen molar-refractivity contribution in [3.05, 3.63) is 24.0 Å². The first kappa shape index (κ1) is 16.4. The highest BCUT2D eigenvalue weighted by molar-refractivity contribution is 5.95. The number of nitrogens with zero attached hydrogens (tertiary/aromatic N) is 3. The number of rotatable bonds is 6. The Balaban J connectivity index is 2.75. The molecule has 0 aliphatic carbocycles. The van der Waals surface area contributed by atoms with Gasteiger partial charge in [-0.1, -0.05) is 0 Å². The molecule has 0 N–H and O–H groups in total. The lowest BCUT2D eigenvalue weighted by molar-refractivity contribution is -0.150. The molecule has 1 rings (SSSR count). The fraction of sp³-hybridized carbons (Fsp3) is 0.385. The van der Waals surface area contributed by atoms with Crippen LogP contribution in [-0.4, -0.2) is 59.8 Å². The summed E-state index contributed by atoms with van der Waals surface area (Å²) in [6, 6.07) is 0. The fourth-order valence-electron chi connectivity index (χ4n) is 1.45. The highest BCUT2D eigenvalue weighted by Crippen LogP contribution is 2.01. The van der Waals surface area contributed by atoms with Crippen LogP contribution in [0.3, 0.4) is 0 Å². The Morgan fingerprint density at radius 3 is 2.24 bits per heavy atom. The van der Waals surface area contributed by atoms with E-state index in [1.807, 2.05) is 0 Å². The van der Waals surface area contributed by atoms with Crippen LogP contribution in [0, 0.1) is 0 Å². The summed E-state index contributed by atoms with van der Waals surface area (Å²) >= 11 is 0. The second kappa shape index (κ2) is 7.83. The van der Waals surface area contributed by atoms with Gasteiger partial charge in [-0.25, -0.2) is 0 Å². The first-order chi connectivity index (χ1) is 9.96. The summed E-state index contributed by atoms with van der Waals surface area (Å²) in [5.74, 6) is -1.75. The number of carbonyl (C=O) groups excluding carboxylic acids is 3. The van der Waals surface area contributed by atoms with Gasteiger partial charge in [-0.15, -0.1) is 0 Å². The van der Waals surface area contributed by atoms with Gasteiger partial charge in [-0.05, 0) is 6.08 Å². The van der Waals surface area contributed by atoms with Crippen LogP contribution in [0.5, 0.6) is 0 Å². The molecule has 0 saturated heterocycles. The number of hydrogen-bond acceptors (Lipinski definition) is 6. The van der Waals surface area contributed by atoms with E-state index in [1.165, 1.54) is 26.4 Å². The van der Waals surface area contributed by atoms with Crippen LogP contribution < -0.4 is 0 Å². The molecular formula is C13H17N3O5. The van der Waals surface area contributed by atoms with Gasteiger partial charge in [0.05, 0.1) is 20.4 Å². The molecule has 0 radical (unpaired) electrons. The number of aryl methyl sites for hydroxylation is 1. The van der Waals surface area contributed by atoms with E-state index in [1.54, 1.807) is 24.1 Å². The highest BCUT2D eigenvalue weighted by Gasteiger charge is 2.19. The molecule has 0 bridgehead atoms. The third-order valence-electron chi connectivity index (χ3n) is 2.55. The van der Waals surface area contributed by atoms with E-state index in [0.29, 0.717) is 0 Å². The predicted octanol–water partition coefficient (Wildman–Crippen LogP) is -0.392. The Morgan fingerprint density at radius 2 is 1.81 bits per heavy atom. The van der Waals surface area contributed by atoms with Gasteiger partial charge in [0.15, 0.2) is 0 Å². The summed E-state index contributed by atoms with van der Waals surface area (Å²) < 4.78 is 10.6. The maximum atomic E-state index is 12.0. The molecule has 21 heavy (non-hydrogen) atoms. The van der Waals surface area contributed by atoms with E-state index in [-0.39, 0.29) is 13.1 Å². The Kier molecular flexibility index (Phi) is 6.12. The molecule has 0 fully saturated rings. The van der Waals surface area contributed by atoms with Gasteiger partial charge >= 0.3 is 11.9 Å². The van der Waals surface area contributed by atoms with E-state index in [0.717, 1.165) is 10.5 Å². The van der Waals surface area contributed by atoms with Crippen molar-refractivity contribution in [3.8, 4) is 0 Å². The summed E-state index contributed by atoms with van der Waals surface area (Å²) in [5.41, 5.74) is 0.724. The second-order valence-corrected chi connectivity index (χ2v) is 4.13. The van der Waals surface area contributed by atoms with Gasteiger partial charge in [-0.2, -0.15) is 5.10 Å². The van der Waals surface area contributed by atoms with Crippen LogP contribution in [0.25, 0.3) is 6.08 Å². The monoisotopic (exact) mass is 295 g/mol. The summed E-state index contributed by atoms with van der Waals surface area (Å²) in [6.07, 6.45) is 6.09. The molecule has 0 saturated carbocycles. The zero-order valence-corrected chi connectivity index (χ0v) is 12.1. The number of methoxy groups -OCH3 is 2. The second-order valence-electron chi connectivity index (χ2n) is 4.13. The normalized spacial score (nSPS) is 10.4. The van der Waals surface area contributed by atoms with Crippen molar-refractivity contribution in [2.45, 2.75) is 0 Å². The van der Waals surface area contributed by atoms with Crippen LogP contribution in [-0.2, 0) is 30.9 Å². The Labute approximate surface area is 121 Å². The third kappa shape index (κ3) is 5.47. The van der Waals surface area contributed by atoms with Gasteiger partial charge in [0.25, 0.3) is 0 Å². The molecular weight excluding hydrogens is 278 g/mol. The lowest BCUT2D eigenvalue weighted by Gasteiger charge is -2.18. The first-order valence-electron chi connectivity index (χ1n) is 6.05. The van der Waals surface area contributed by atoms with Crippen LogP contribution >= 0.6 is 0 Å². The number of esters is 2. The molecule has 1 amide bonds. The molecule has 1 aromatic heterocycles.